The van der Waals surface area contributed by atoms with Gasteiger partial charge < -0.3 is 21.1 Å². The molecule has 0 atom stereocenters. The number of rotatable bonds is 5. The van der Waals surface area contributed by atoms with Crippen molar-refractivity contribution in [1.29, 1.82) is 0 Å². The van der Waals surface area contributed by atoms with Gasteiger partial charge in [-0.15, -0.1) is 12.4 Å². The Morgan fingerprint density at radius 2 is 1.75 bits per heavy atom. The molecule has 0 saturated carbocycles. The van der Waals surface area contributed by atoms with Crippen LogP contribution in [0.3, 0.4) is 0 Å². The van der Waals surface area contributed by atoms with Gasteiger partial charge in [0.1, 0.15) is 0 Å². The molecule has 0 aliphatic heterocycles. The monoisotopic (exact) mass is 301 g/mol. The SMILES string of the molecule is COC(=O)c1ccc(NC(=O)CNC(=O)CN)cc1.Cl. The number of nitrogens with two attached hydrogens (primary N) is 1. The third-order valence-corrected chi connectivity index (χ3v) is 2.22. The average Bonchev–Trinajstić information content (AvgIpc) is 2.44. The first-order chi connectivity index (χ1) is 9.06. The van der Waals surface area contributed by atoms with Crippen LogP contribution >= 0.6 is 12.4 Å². The summed E-state index contributed by atoms with van der Waals surface area (Å²) in [5, 5.41) is 4.90. The lowest BCUT2D eigenvalue weighted by Crippen LogP contribution is -2.36. The van der Waals surface area contributed by atoms with E-state index in [-0.39, 0.29) is 31.4 Å². The Morgan fingerprint density at radius 3 is 2.25 bits per heavy atom. The van der Waals surface area contributed by atoms with Crippen LogP contribution in [0.1, 0.15) is 10.4 Å². The Bertz CT molecular complexity index is 476. The van der Waals surface area contributed by atoms with E-state index >= 15 is 0 Å². The lowest BCUT2D eigenvalue weighted by atomic mass is 10.2. The van der Waals surface area contributed by atoms with Crippen molar-refractivity contribution in [3.05, 3.63) is 29.8 Å². The molecule has 110 valence electrons. The van der Waals surface area contributed by atoms with Crippen molar-refractivity contribution in [2.45, 2.75) is 0 Å². The van der Waals surface area contributed by atoms with Crippen LogP contribution in [-0.2, 0) is 14.3 Å². The van der Waals surface area contributed by atoms with Crippen LogP contribution in [0.15, 0.2) is 24.3 Å². The Balaban J connectivity index is 0.00000361. The summed E-state index contributed by atoms with van der Waals surface area (Å²) in [6.07, 6.45) is 0. The quantitative estimate of drug-likeness (QED) is 0.658. The second-order valence-electron chi connectivity index (χ2n) is 3.60. The maximum Gasteiger partial charge on any atom is 0.337 e. The molecule has 2 amide bonds. The Kier molecular flexibility index (Phi) is 7.95. The van der Waals surface area contributed by atoms with Gasteiger partial charge in [0.2, 0.25) is 11.8 Å². The van der Waals surface area contributed by atoms with E-state index < -0.39 is 11.9 Å². The molecule has 0 aromatic heterocycles. The molecule has 1 rings (SSSR count). The first-order valence-electron chi connectivity index (χ1n) is 5.52. The zero-order valence-corrected chi connectivity index (χ0v) is 11.7. The van der Waals surface area contributed by atoms with Gasteiger partial charge in [-0.1, -0.05) is 0 Å². The first-order valence-corrected chi connectivity index (χ1v) is 5.52. The van der Waals surface area contributed by atoms with E-state index in [0.29, 0.717) is 11.3 Å². The van der Waals surface area contributed by atoms with E-state index in [2.05, 4.69) is 15.4 Å². The molecule has 8 heteroatoms. The first kappa shape index (κ1) is 17.9. The highest BCUT2D eigenvalue weighted by molar-refractivity contribution is 5.95. The predicted molar refractivity (Wildman–Crippen MR) is 75.7 cm³/mol. The third kappa shape index (κ3) is 5.68. The number of esters is 1. The van der Waals surface area contributed by atoms with Crippen molar-refractivity contribution in [3.8, 4) is 0 Å². The van der Waals surface area contributed by atoms with Crippen molar-refractivity contribution in [3.63, 3.8) is 0 Å². The molecule has 0 heterocycles. The molecule has 20 heavy (non-hydrogen) atoms. The maximum absolute atomic E-state index is 11.4. The second kappa shape index (κ2) is 8.89. The summed E-state index contributed by atoms with van der Waals surface area (Å²) in [5.74, 6) is -1.24. The molecule has 0 fully saturated rings. The number of hydrogen-bond donors (Lipinski definition) is 3. The Morgan fingerprint density at radius 1 is 1.15 bits per heavy atom. The molecule has 7 nitrogen and oxygen atoms in total. The summed E-state index contributed by atoms with van der Waals surface area (Å²) in [6, 6.07) is 6.18. The van der Waals surface area contributed by atoms with E-state index in [9.17, 15) is 14.4 Å². The van der Waals surface area contributed by atoms with Crippen LogP contribution in [-0.4, -0.2) is 38.0 Å². The summed E-state index contributed by atoms with van der Waals surface area (Å²) in [5.41, 5.74) is 5.98. The number of nitrogens with one attached hydrogen (secondary N) is 2. The number of methoxy groups -OCH3 is 1. The summed E-state index contributed by atoms with van der Waals surface area (Å²) in [7, 11) is 1.29. The van der Waals surface area contributed by atoms with Crippen LogP contribution in [0.4, 0.5) is 5.69 Å². The van der Waals surface area contributed by atoms with E-state index in [1.54, 1.807) is 12.1 Å². The molecule has 1 aromatic carbocycles. The van der Waals surface area contributed by atoms with Gasteiger partial charge in [-0.2, -0.15) is 0 Å². The minimum absolute atomic E-state index is 0. The van der Waals surface area contributed by atoms with Crippen molar-refractivity contribution in [2.24, 2.45) is 5.73 Å². The summed E-state index contributed by atoms with van der Waals surface area (Å²) in [4.78, 5) is 33.5. The number of halogens is 1. The highest BCUT2D eigenvalue weighted by Crippen LogP contribution is 2.10. The van der Waals surface area contributed by atoms with Crippen molar-refractivity contribution in [1.82, 2.24) is 5.32 Å². The van der Waals surface area contributed by atoms with Crippen molar-refractivity contribution < 1.29 is 19.1 Å². The van der Waals surface area contributed by atoms with Crippen LogP contribution < -0.4 is 16.4 Å². The number of ether oxygens (including phenoxy) is 1. The molecule has 1 aromatic rings. The molecule has 0 aliphatic carbocycles. The summed E-state index contributed by atoms with van der Waals surface area (Å²) >= 11 is 0. The Labute approximate surface area is 122 Å². The van der Waals surface area contributed by atoms with E-state index in [1.165, 1.54) is 19.2 Å². The number of carbonyl (C=O) groups excluding carboxylic acids is 3. The lowest BCUT2D eigenvalue weighted by Gasteiger charge is -2.06. The van der Waals surface area contributed by atoms with Gasteiger partial charge in [0.25, 0.3) is 0 Å². The molecule has 0 bridgehead atoms. The standard InChI is InChI=1S/C12H15N3O4.ClH/c1-19-12(18)8-2-4-9(5-3-8)15-11(17)7-14-10(16)6-13;/h2-5H,6-7,13H2,1H3,(H,14,16)(H,15,17);1H. The van der Waals surface area contributed by atoms with Gasteiger partial charge in [0.15, 0.2) is 0 Å². The molecule has 0 spiro atoms. The zero-order valence-electron chi connectivity index (χ0n) is 10.8. The van der Waals surface area contributed by atoms with Crippen LogP contribution in [0.5, 0.6) is 0 Å². The summed E-state index contributed by atoms with van der Waals surface area (Å²) < 4.78 is 4.55. The van der Waals surface area contributed by atoms with Gasteiger partial charge in [-0.25, -0.2) is 4.79 Å². The largest absolute Gasteiger partial charge is 0.465 e. The fourth-order valence-electron chi connectivity index (χ4n) is 1.26. The second-order valence-corrected chi connectivity index (χ2v) is 3.60. The third-order valence-electron chi connectivity index (χ3n) is 2.22. The molecule has 4 N–H and O–H groups in total. The number of amides is 2. The van der Waals surface area contributed by atoms with E-state index in [1.807, 2.05) is 0 Å². The topological polar surface area (TPSA) is 111 Å². The van der Waals surface area contributed by atoms with Crippen LogP contribution in [0.2, 0.25) is 0 Å². The molecule has 0 aliphatic rings. The van der Waals surface area contributed by atoms with Crippen molar-refractivity contribution >= 4 is 35.9 Å². The molecule has 0 radical (unpaired) electrons. The van der Waals surface area contributed by atoms with Crippen LogP contribution in [0, 0.1) is 0 Å². The minimum Gasteiger partial charge on any atom is -0.465 e. The number of benzene rings is 1. The minimum atomic E-state index is -0.451. The van der Waals surface area contributed by atoms with Gasteiger partial charge >= 0.3 is 5.97 Å². The van der Waals surface area contributed by atoms with Crippen LogP contribution in [0.25, 0.3) is 0 Å². The number of anilines is 1. The van der Waals surface area contributed by atoms with Gasteiger partial charge in [0, 0.05) is 5.69 Å². The number of hydrogen-bond acceptors (Lipinski definition) is 5. The molecular weight excluding hydrogens is 286 g/mol. The Hall–Kier alpha value is -2.12. The highest BCUT2D eigenvalue weighted by Gasteiger charge is 2.07. The average molecular weight is 302 g/mol. The van der Waals surface area contributed by atoms with E-state index in [0.717, 1.165) is 0 Å². The smallest absolute Gasteiger partial charge is 0.337 e. The fraction of sp³-hybridized carbons (Fsp3) is 0.250. The van der Waals surface area contributed by atoms with Gasteiger partial charge in [0.05, 0.1) is 25.8 Å². The lowest BCUT2D eigenvalue weighted by molar-refractivity contribution is -0.123. The van der Waals surface area contributed by atoms with E-state index in [4.69, 9.17) is 5.73 Å². The van der Waals surface area contributed by atoms with Crippen molar-refractivity contribution in [2.75, 3.05) is 25.5 Å². The summed E-state index contributed by atoms with van der Waals surface area (Å²) in [6.45, 7) is -0.324. The van der Waals surface area contributed by atoms with Gasteiger partial charge in [-0.05, 0) is 24.3 Å². The molecule has 0 saturated heterocycles. The normalized spacial score (nSPS) is 9.10. The zero-order chi connectivity index (χ0) is 14.3. The fourth-order valence-corrected chi connectivity index (χ4v) is 1.26. The molecular formula is C12H16ClN3O4. The van der Waals surface area contributed by atoms with Gasteiger partial charge in [-0.3, -0.25) is 9.59 Å². The number of carbonyl (C=O) groups is 3. The maximum atomic E-state index is 11.4. The predicted octanol–water partition coefficient (Wildman–Crippen LogP) is -0.0916. The molecule has 0 unspecified atom stereocenters. The highest BCUT2D eigenvalue weighted by atomic mass is 35.5.